The first kappa shape index (κ1) is 17.2. The lowest BCUT2D eigenvalue weighted by molar-refractivity contribution is -0.139. The quantitative estimate of drug-likeness (QED) is 0.565. The van der Waals surface area contributed by atoms with Crippen molar-refractivity contribution in [2.45, 2.75) is 39.2 Å². The summed E-state index contributed by atoms with van der Waals surface area (Å²) >= 11 is 0. The van der Waals surface area contributed by atoms with Crippen LogP contribution in [0.2, 0.25) is 0 Å². The third kappa shape index (κ3) is 5.55. The van der Waals surface area contributed by atoms with Crippen LogP contribution in [0.4, 0.5) is 0 Å². The van der Waals surface area contributed by atoms with Gasteiger partial charge in [0.2, 0.25) is 0 Å². The molecular weight excluding hydrogens is 268 g/mol. The van der Waals surface area contributed by atoms with Crippen LogP contribution in [0.15, 0.2) is 18.2 Å². The molecule has 1 aromatic rings. The number of esters is 1. The van der Waals surface area contributed by atoms with E-state index in [9.17, 15) is 9.59 Å². The summed E-state index contributed by atoms with van der Waals surface area (Å²) in [6.07, 6.45) is 4.50. The lowest BCUT2D eigenvalue weighted by Crippen LogP contribution is -2.31. The largest absolute Gasteiger partial charge is 0.468 e. The molecule has 0 heterocycles. The van der Waals surface area contributed by atoms with Crippen LogP contribution in [0.5, 0.6) is 0 Å². The number of carbonyl (C=O) groups excluding carboxylic acids is 2. The van der Waals surface area contributed by atoms with Gasteiger partial charge < -0.3 is 15.8 Å². The number of benzene rings is 1. The minimum atomic E-state index is -0.478. The Bertz CT molecular complexity index is 486. The van der Waals surface area contributed by atoms with E-state index >= 15 is 0 Å². The number of ether oxygens (including phenoxy) is 1. The summed E-state index contributed by atoms with van der Waals surface area (Å²) in [7, 11) is 1.28. The molecule has 3 N–H and O–H groups in total. The molecular formula is C16H24N2O3. The molecule has 1 amide bonds. The molecule has 5 heteroatoms. The molecule has 0 fully saturated rings. The van der Waals surface area contributed by atoms with E-state index in [4.69, 9.17) is 5.73 Å². The molecule has 0 saturated heterocycles. The van der Waals surface area contributed by atoms with Crippen molar-refractivity contribution in [3.05, 3.63) is 34.9 Å². The van der Waals surface area contributed by atoms with Crippen LogP contribution in [0.3, 0.4) is 0 Å². The second kappa shape index (κ2) is 9.13. The molecule has 0 aliphatic heterocycles. The summed E-state index contributed by atoms with van der Waals surface area (Å²) in [5, 5.41) is 2.53. The van der Waals surface area contributed by atoms with Gasteiger partial charge in [0.05, 0.1) is 7.11 Å². The van der Waals surface area contributed by atoms with Gasteiger partial charge in [0, 0.05) is 12.1 Å². The van der Waals surface area contributed by atoms with Crippen molar-refractivity contribution in [1.82, 2.24) is 5.32 Å². The van der Waals surface area contributed by atoms with Gasteiger partial charge in [0.1, 0.15) is 6.54 Å². The van der Waals surface area contributed by atoms with Crippen LogP contribution in [-0.4, -0.2) is 25.5 Å². The van der Waals surface area contributed by atoms with Crippen LogP contribution in [0.25, 0.3) is 0 Å². The highest BCUT2D eigenvalue weighted by atomic mass is 16.5. The van der Waals surface area contributed by atoms with Gasteiger partial charge in [-0.05, 0) is 30.0 Å². The molecule has 0 aromatic heterocycles. The van der Waals surface area contributed by atoms with Crippen molar-refractivity contribution in [1.29, 1.82) is 0 Å². The molecule has 21 heavy (non-hydrogen) atoms. The highest BCUT2D eigenvalue weighted by Gasteiger charge is 2.12. The van der Waals surface area contributed by atoms with Gasteiger partial charge in [-0.3, -0.25) is 9.59 Å². The Hall–Kier alpha value is -1.88. The third-order valence-corrected chi connectivity index (χ3v) is 3.32. The predicted molar refractivity (Wildman–Crippen MR) is 81.9 cm³/mol. The van der Waals surface area contributed by atoms with E-state index < -0.39 is 5.97 Å². The molecule has 1 rings (SSSR count). The normalized spacial score (nSPS) is 10.2. The maximum Gasteiger partial charge on any atom is 0.325 e. The predicted octanol–water partition coefficient (Wildman–Crippen LogP) is 1.78. The summed E-state index contributed by atoms with van der Waals surface area (Å²) in [6, 6.07) is 5.70. The zero-order valence-corrected chi connectivity index (χ0v) is 12.8. The summed E-state index contributed by atoms with van der Waals surface area (Å²) in [4.78, 5) is 23.1. The topological polar surface area (TPSA) is 81.4 Å². The molecule has 5 nitrogen and oxygen atoms in total. The SMILES string of the molecule is CCCCCc1ccc(C(=O)NCC(=O)OC)c(CN)c1. The highest BCUT2D eigenvalue weighted by Crippen LogP contribution is 2.14. The van der Waals surface area contributed by atoms with Gasteiger partial charge in [0.15, 0.2) is 0 Å². The van der Waals surface area contributed by atoms with Crippen LogP contribution < -0.4 is 11.1 Å². The van der Waals surface area contributed by atoms with E-state index in [-0.39, 0.29) is 12.5 Å². The monoisotopic (exact) mass is 292 g/mol. The fraction of sp³-hybridized carbons (Fsp3) is 0.500. The minimum Gasteiger partial charge on any atom is -0.468 e. The van der Waals surface area contributed by atoms with Crippen LogP contribution in [-0.2, 0) is 22.5 Å². The average Bonchev–Trinajstić information content (AvgIpc) is 2.52. The van der Waals surface area contributed by atoms with Crippen molar-refractivity contribution in [3.63, 3.8) is 0 Å². The fourth-order valence-corrected chi connectivity index (χ4v) is 2.09. The molecule has 0 aliphatic rings. The third-order valence-electron chi connectivity index (χ3n) is 3.32. The Labute approximate surface area is 125 Å². The van der Waals surface area contributed by atoms with E-state index in [1.165, 1.54) is 25.5 Å². The Kier molecular flexibility index (Phi) is 7.46. The number of carbonyl (C=O) groups is 2. The Morgan fingerprint density at radius 1 is 1.29 bits per heavy atom. The second-order valence-electron chi connectivity index (χ2n) is 4.91. The van der Waals surface area contributed by atoms with Gasteiger partial charge in [-0.25, -0.2) is 0 Å². The average molecular weight is 292 g/mol. The van der Waals surface area contributed by atoms with E-state index in [0.29, 0.717) is 12.1 Å². The first-order valence-electron chi connectivity index (χ1n) is 7.29. The first-order valence-corrected chi connectivity index (χ1v) is 7.29. The maximum absolute atomic E-state index is 12.0. The summed E-state index contributed by atoms with van der Waals surface area (Å²) in [5.74, 6) is -0.783. The maximum atomic E-state index is 12.0. The molecule has 116 valence electrons. The number of hydrogen-bond acceptors (Lipinski definition) is 4. The summed E-state index contributed by atoms with van der Waals surface area (Å²) < 4.78 is 4.49. The number of rotatable bonds is 8. The molecule has 0 spiro atoms. The zero-order chi connectivity index (χ0) is 15.7. The summed E-state index contributed by atoms with van der Waals surface area (Å²) in [5.41, 5.74) is 8.22. The molecule has 0 unspecified atom stereocenters. The number of nitrogens with one attached hydrogen (secondary N) is 1. The fourth-order valence-electron chi connectivity index (χ4n) is 2.09. The standard InChI is InChI=1S/C16H24N2O3/c1-3-4-5-6-12-7-8-14(13(9-12)10-17)16(20)18-11-15(19)21-2/h7-9H,3-6,10-11,17H2,1-2H3,(H,18,20). The Balaban J connectivity index is 2.73. The molecule has 0 aliphatic carbocycles. The minimum absolute atomic E-state index is 0.141. The molecule has 0 saturated carbocycles. The van der Waals surface area contributed by atoms with Crippen LogP contribution >= 0.6 is 0 Å². The highest BCUT2D eigenvalue weighted by molar-refractivity contribution is 5.97. The van der Waals surface area contributed by atoms with Gasteiger partial charge in [-0.15, -0.1) is 0 Å². The van der Waals surface area contributed by atoms with Crippen LogP contribution in [0.1, 0.15) is 47.7 Å². The summed E-state index contributed by atoms with van der Waals surface area (Å²) in [6.45, 7) is 2.32. The molecule has 0 atom stereocenters. The van der Waals surface area contributed by atoms with Crippen molar-refractivity contribution in [3.8, 4) is 0 Å². The number of hydrogen-bond donors (Lipinski definition) is 2. The number of nitrogens with two attached hydrogens (primary N) is 1. The van der Waals surface area contributed by atoms with Crippen molar-refractivity contribution < 1.29 is 14.3 Å². The van der Waals surface area contributed by atoms with Crippen molar-refractivity contribution >= 4 is 11.9 Å². The number of methoxy groups -OCH3 is 1. The number of amides is 1. The van der Waals surface area contributed by atoms with Crippen LogP contribution in [0, 0.1) is 0 Å². The first-order chi connectivity index (χ1) is 10.1. The number of aryl methyl sites for hydroxylation is 1. The van der Waals surface area contributed by atoms with E-state index in [0.717, 1.165) is 18.4 Å². The smallest absolute Gasteiger partial charge is 0.325 e. The molecule has 0 radical (unpaired) electrons. The van der Waals surface area contributed by atoms with E-state index in [1.54, 1.807) is 6.07 Å². The van der Waals surface area contributed by atoms with Gasteiger partial charge >= 0.3 is 5.97 Å². The second-order valence-corrected chi connectivity index (χ2v) is 4.91. The van der Waals surface area contributed by atoms with Gasteiger partial charge in [-0.1, -0.05) is 31.9 Å². The van der Waals surface area contributed by atoms with E-state index in [1.807, 2.05) is 12.1 Å². The Morgan fingerprint density at radius 3 is 2.67 bits per heavy atom. The molecule has 1 aromatic carbocycles. The van der Waals surface area contributed by atoms with Gasteiger partial charge in [0.25, 0.3) is 5.91 Å². The lowest BCUT2D eigenvalue weighted by atomic mass is 9.99. The van der Waals surface area contributed by atoms with Crippen molar-refractivity contribution in [2.75, 3.05) is 13.7 Å². The lowest BCUT2D eigenvalue weighted by Gasteiger charge is -2.10. The zero-order valence-electron chi connectivity index (χ0n) is 12.8. The van der Waals surface area contributed by atoms with Crippen molar-refractivity contribution in [2.24, 2.45) is 5.73 Å². The Morgan fingerprint density at radius 2 is 2.05 bits per heavy atom. The van der Waals surface area contributed by atoms with Gasteiger partial charge in [-0.2, -0.15) is 0 Å². The van der Waals surface area contributed by atoms with E-state index in [2.05, 4.69) is 17.0 Å². The molecule has 0 bridgehead atoms. The number of unbranched alkanes of at least 4 members (excludes halogenated alkanes) is 2.